The van der Waals surface area contributed by atoms with Crippen LogP contribution in [-0.2, 0) is 35.2 Å². The highest BCUT2D eigenvalue weighted by Crippen LogP contribution is 2.23. The van der Waals surface area contributed by atoms with E-state index in [0.717, 1.165) is 5.41 Å². The molecule has 2 N–H and O–H groups in total. The van der Waals surface area contributed by atoms with E-state index in [1.807, 2.05) is 0 Å². The zero-order valence-electron chi connectivity index (χ0n) is 19.6. The molecule has 3 aliphatic heterocycles. The summed E-state index contributed by atoms with van der Waals surface area (Å²) in [6.45, 7) is 0.548. The average molecular weight is 577 g/mol. The Hall–Kier alpha value is -1.80. The largest absolute Gasteiger partial charge is 0.351 e. The highest BCUT2D eigenvalue weighted by molar-refractivity contribution is 7.92. The third kappa shape index (κ3) is 6.94. The van der Waals surface area contributed by atoms with Crippen LogP contribution < -0.4 is 10.0 Å². The van der Waals surface area contributed by atoms with Gasteiger partial charge in [-0.1, -0.05) is 11.6 Å². The van der Waals surface area contributed by atoms with E-state index in [4.69, 9.17) is 11.6 Å². The van der Waals surface area contributed by atoms with E-state index in [0.29, 0.717) is 65.9 Å². The van der Waals surface area contributed by atoms with E-state index in [-0.39, 0.29) is 24.4 Å². The van der Waals surface area contributed by atoms with Crippen LogP contribution in [0.15, 0.2) is 17.5 Å². The molecule has 10 nitrogen and oxygen atoms in total. The maximum atomic E-state index is 13.1. The van der Waals surface area contributed by atoms with Crippen LogP contribution in [-0.4, -0.2) is 89.4 Å². The summed E-state index contributed by atoms with van der Waals surface area (Å²) in [5.41, 5.74) is 0. The highest BCUT2D eigenvalue weighted by Gasteiger charge is 2.38. The van der Waals surface area contributed by atoms with Gasteiger partial charge in [0.25, 0.3) is 0 Å². The fourth-order valence-electron chi connectivity index (χ4n) is 4.69. The van der Waals surface area contributed by atoms with E-state index in [1.54, 1.807) is 12.1 Å². The average Bonchev–Trinajstić information content (AvgIpc) is 3.56. The summed E-state index contributed by atoms with van der Waals surface area (Å²) in [5.74, 6) is -0.0479. The molecule has 4 rings (SSSR count). The van der Waals surface area contributed by atoms with Crippen molar-refractivity contribution in [3.8, 4) is 0 Å². The molecule has 0 bridgehead atoms. The molecule has 0 aromatic carbocycles. The summed E-state index contributed by atoms with van der Waals surface area (Å²) >= 11 is 7.10. The number of nitrogens with zero attached hydrogens (tertiary/aromatic N) is 2. The normalized spacial score (nSPS) is 27.2. The minimum atomic E-state index is -3.89. The molecule has 4 heterocycles. The lowest BCUT2D eigenvalue weighted by molar-refractivity contribution is -0.145. The summed E-state index contributed by atoms with van der Waals surface area (Å²) in [7, 11) is -4.81. The predicted molar refractivity (Wildman–Crippen MR) is 139 cm³/mol. The number of sulfonamides is 1. The van der Waals surface area contributed by atoms with Crippen molar-refractivity contribution in [2.75, 3.05) is 31.1 Å². The molecule has 14 heteroatoms. The fraction of sp³-hybridized carbons (Fsp3) is 0.591. The molecule has 1 aromatic heterocycles. The molecule has 3 fully saturated rings. The molecule has 0 radical (unpaired) electrons. The van der Waals surface area contributed by atoms with Crippen LogP contribution in [0.2, 0.25) is 4.34 Å². The van der Waals surface area contributed by atoms with E-state index in [1.165, 1.54) is 27.2 Å². The Labute approximate surface area is 221 Å². The first-order valence-electron chi connectivity index (χ1n) is 11.8. The lowest BCUT2D eigenvalue weighted by atomic mass is 10.1. The number of rotatable bonds is 8. The van der Waals surface area contributed by atoms with E-state index in [2.05, 4.69) is 10.0 Å². The quantitative estimate of drug-likeness (QED) is 0.473. The standard InChI is InChI=1S/C22H29ClN4O6S3/c23-19-6-5-16(34-19)8-12-36(32,33)25-17-3-1-9-26(22(17)30)13-20(28)27-10-2-4-18(27)21(29)24-15-7-11-35(31)14-15/h5-6,8,12,15,17-18,25H,1-4,7,9-11,13-14H2,(H,24,29)/b12-8+/t15?,17-,18-,35?/m0/s1. The molecule has 1 aromatic rings. The number of piperidine rings is 1. The molecule has 4 atom stereocenters. The maximum absolute atomic E-state index is 13.1. The Kier molecular flexibility index (Phi) is 8.87. The first-order chi connectivity index (χ1) is 17.1. The van der Waals surface area contributed by atoms with Crippen molar-refractivity contribution in [1.82, 2.24) is 19.8 Å². The minimum Gasteiger partial charge on any atom is -0.351 e. The van der Waals surface area contributed by atoms with Crippen molar-refractivity contribution >= 4 is 67.6 Å². The number of carbonyl (C=O) groups excluding carboxylic acids is 3. The van der Waals surface area contributed by atoms with Gasteiger partial charge < -0.3 is 15.1 Å². The molecule has 0 aliphatic carbocycles. The van der Waals surface area contributed by atoms with Gasteiger partial charge in [-0.15, -0.1) is 11.3 Å². The molecule has 0 saturated carbocycles. The molecular formula is C22H29ClN4O6S3. The summed E-state index contributed by atoms with van der Waals surface area (Å²) < 4.78 is 39.6. The zero-order chi connectivity index (χ0) is 25.9. The second kappa shape index (κ2) is 11.7. The third-order valence-corrected chi connectivity index (χ3v) is 10.2. The van der Waals surface area contributed by atoms with Crippen molar-refractivity contribution in [3.05, 3.63) is 26.8 Å². The number of nitrogens with one attached hydrogen (secondary N) is 2. The molecule has 198 valence electrons. The Bertz CT molecular complexity index is 1170. The molecule has 2 unspecified atom stereocenters. The molecule has 3 aliphatic rings. The summed E-state index contributed by atoms with van der Waals surface area (Å²) in [6, 6.07) is 1.64. The predicted octanol–water partition coefficient (Wildman–Crippen LogP) is 0.911. The van der Waals surface area contributed by atoms with Gasteiger partial charge in [0.1, 0.15) is 12.1 Å². The van der Waals surface area contributed by atoms with Crippen LogP contribution >= 0.6 is 22.9 Å². The van der Waals surface area contributed by atoms with Gasteiger partial charge in [-0.05, 0) is 50.3 Å². The number of hydrogen-bond donors (Lipinski definition) is 2. The number of halogens is 1. The smallest absolute Gasteiger partial charge is 0.243 e. The van der Waals surface area contributed by atoms with Crippen molar-refractivity contribution in [1.29, 1.82) is 0 Å². The van der Waals surface area contributed by atoms with Crippen LogP contribution in [0.25, 0.3) is 6.08 Å². The first-order valence-corrected chi connectivity index (χ1v) is 16.0. The van der Waals surface area contributed by atoms with Crippen LogP contribution in [0.1, 0.15) is 37.0 Å². The van der Waals surface area contributed by atoms with Gasteiger partial charge in [0.15, 0.2) is 0 Å². The summed E-state index contributed by atoms with van der Waals surface area (Å²) in [5, 5.41) is 3.91. The maximum Gasteiger partial charge on any atom is 0.243 e. The van der Waals surface area contributed by atoms with Crippen LogP contribution in [0.3, 0.4) is 0 Å². The SMILES string of the molecule is O=C(NC1CCS(=O)C1)[C@@H]1CCCN1C(=O)CN1CCC[C@H](NS(=O)(=O)/C=C/c2ccc(Cl)s2)C1=O. The first kappa shape index (κ1) is 27.2. The lowest BCUT2D eigenvalue weighted by Gasteiger charge is -2.34. The topological polar surface area (TPSA) is 133 Å². The van der Waals surface area contributed by atoms with Gasteiger partial charge >= 0.3 is 0 Å². The number of thiophene rings is 1. The Morgan fingerprint density at radius 1 is 1.19 bits per heavy atom. The fourth-order valence-corrected chi connectivity index (χ4v) is 8.17. The van der Waals surface area contributed by atoms with Gasteiger partial charge in [0, 0.05) is 51.7 Å². The van der Waals surface area contributed by atoms with Crippen LogP contribution in [0.5, 0.6) is 0 Å². The molecule has 3 saturated heterocycles. The third-order valence-electron chi connectivity index (χ3n) is 6.47. The summed E-state index contributed by atoms with van der Waals surface area (Å²) in [6.07, 6.45) is 4.16. The molecule has 3 amide bonds. The Morgan fingerprint density at radius 2 is 1.97 bits per heavy atom. The molecular weight excluding hydrogens is 548 g/mol. The van der Waals surface area contributed by atoms with Gasteiger partial charge in [0.05, 0.1) is 10.9 Å². The van der Waals surface area contributed by atoms with Gasteiger partial charge in [-0.2, -0.15) is 4.72 Å². The van der Waals surface area contributed by atoms with E-state index < -0.39 is 38.8 Å². The van der Waals surface area contributed by atoms with E-state index >= 15 is 0 Å². The molecule has 36 heavy (non-hydrogen) atoms. The molecule has 0 spiro atoms. The van der Waals surface area contributed by atoms with Gasteiger partial charge in [0.2, 0.25) is 27.7 Å². The van der Waals surface area contributed by atoms with Crippen LogP contribution in [0, 0.1) is 0 Å². The highest BCUT2D eigenvalue weighted by atomic mass is 35.5. The van der Waals surface area contributed by atoms with Crippen molar-refractivity contribution in [3.63, 3.8) is 0 Å². The Balaban J connectivity index is 1.33. The number of amides is 3. The Morgan fingerprint density at radius 3 is 2.67 bits per heavy atom. The van der Waals surface area contributed by atoms with Gasteiger partial charge in [-0.25, -0.2) is 8.42 Å². The number of carbonyl (C=O) groups is 3. The lowest BCUT2D eigenvalue weighted by Crippen LogP contribution is -2.56. The zero-order valence-corrected chi connectivity index (χ0v) is 22.8. The van der Waals surface area contributed by atoms with Crippen LogP contribution in [0.4, 0.5) is 0 Å². The number of hydrogen-bond acceptors (Lipinski definition) is 7. The van der Waals surface area contributed by atoms with Crippen molar-refractivity contribution in [2.45, 2.75) is 50.2 Å². The second-order valence-corrected chi connectivity index (χ2v) is 14.1. The van der Waals surface area contributed by atoms with Crippen molar-refractivity contribution < 1.29 is 27.0 Å². The van der Waals surface area contributed by atoms with E-state index in [9.17, 15) is 27.0 Å². The van der Waals surface area contributed by atoms with Crippen molar-refractivity contribution in [2.24, 2.45) is 0 Å². The monoisotopic (exact) mass is 576 g/mol. The number of likely N-dealkylation sites (tertiary alicyclic amines) is 2. The minimum absolute atomic E-state index is 0.140. The van der Waals surface area contributed by atoms with Gasteiger partial charge in [-0.3, -0.25) is 18.6 Å². The second-order valence-electron chi connectivity index (χ2n) is 9.11. The summed E-state index contributed by atoms with van der Waals surface area (Å²) in [4.78, 5) is 42.3.